The third kappa shape index (κ3) is 4.77. The van der Waals surface area contributed by atoms with Crippen LogP contribution in [0.2, 0.25) is 0 Å². The average Bonchev–Trinajstić information content (AvgIpc) is 3.26. The number of nitrogens with one attached hydrogen (secondary N) is 1. The van der Waals surface area contributed by atoms with Crippen LogP contribution in [-0.4, -0.2) is 59.1 Å². The fourth-order valence-electron chi connectivity index (χ4n) is 3.70. The van der Waals surface area contributed by atoms with Crippen LogP contribution in [0.25, 0.3) is 0 Å². The molecule has 31 heavy (non-hydrogen) atoms. The predicted octanol–water partition coefficient (Wildman–Crippen LogP) is 2.60. The SMILES string of the molecule is COc1cc(C(=O)NC[C@@H]2CCCN2S(=O)(=O)c2ccc(C)cc2)cc(OC)c1OC. The zero-order valence-electron chi connectivity index (χ0n) is 18.2. The van der Waals surface area contributed by atoms with Gasteiger partial charge in [-0.05, 0) is 44.0 Å². The van der Waals surface area contributed by atoms with Crippen molar-refractivity contribution in [1.29, 1.82) is 0 Å². The van der Waals surface area contributed by atoms with Gasteiger partial charge in [0.2, 0.25) is 15.8 Å². The van der Waals surface area contributed by atoms with Crippen molar-refractivity contribution in [3.05, 3.63) is 47.5 Å². The second-order valence-electron chi connectivity index (χ2n) is 7.35. The van der Waals surface area contributed by atoms with Gasteiger partial charge in [0, 0.05) is 24.7 Å². The summed E-state index contributed by atoms with van der Waals surface area (Å²) in [5.74, 6) is 0.791. The first kappa shape index (κ1) is 22.9. The number of ether oxygens (including phenoxy) is 3. The second-order valence-corrected chi connectivity index (χ2v) is 9.24. The van der Waals surface area contributed by atoms with Gasteiger partial charge in [-0.3, -0.25) is 4.79 Å². The lowest BCUT2D eigenvalue weighted by Gasteiger charge is -2.24. The Labute approximate surface area is 183 Å². The minimum Gasteiger partial charge on any atom is -0.493 e. The number of hydrogen-bond acceptors (Lipinski definition) is 6. The Morgan fingerprint density at radius 2 is 1.68 bits per heavy atom. The molecule has 3 rings (SSSR count). The fraction of sp³-hybridized carbons (Fsp3) is 0.409. The first-order valence-corrected chi connectivity index (χ1v) is 11.4. The van der Waals surface area contributed by atoms with Crippen molar-refractivity contribution >= 4 is 15.9 Å². The maximum absolute atomic E-state index is 13.1. The number of amides is 1. The standard InChI is InChI=1S/C22H28N2O6S/c1-15-7-9-18(10-8-15)31(26,27)24-11-5-6-17(24)14-23-22(25)16-12-19(28-2)21(30-4)20(13-16)29-3/h7-10,12-13,17H,5-6,11,14H2,1-4H3,(H,23,25)/t17-/m0/s1. The molecular weight excluding hydrogens is 420 g/mol. The van der Waals surface area contributed by atoms with E-state index < -0.39 is 10.0 Å². The molecule has 0 unspecified atom stereocenters. The molecule has 1 fully saturated rings. The minimum absolute atomic E-state index is 0.209. The second kappa shape index (κ2) is 9.57. The number of sulfonamides is 1. The molecular formula is C22H28N2O6S. The quantitative estimate of drug-likeness (QED) is 0.667. The van der Waals surface area contributed by atoms with Crippen LogP contribution in [-0.2, 0) is 10.0 Å². The number of rotatable bonds is 8. The fourth-order valence-corrected chi connectivity index (χ4v) is 5.39. The molecule has 0 spiro atoms. The molecule has 9 heteroatoms. The van der Waals surface area contributed by atoms with Gasteiger partial charge in [0.15, 0.2) is 11.5 Å². The van der Waals surface area contributed by atoms with Crippen LogP contribution in [0.1, 0.15) is 28.8 Å². The molecule has 2 aromatic carbocycles. The first-order valence-electron chi connectivity index (χ1n) is 9.98. The average molecular weight is 449 g/mol. The topological polar surface area (TPSA) is 94.2 Å². The van der Waals surface area contributed by atoms with Crippen LogP contribution in [0.15, 0.2) is 41.3 Å². The third-order valence-electron chi connectivity index (χ3n) is 5.38. The predicted molar refractivity (Wildman–Crippen MR) is 117 cm³/mol. The molecule has 1 aliphatic rings. The van der Waals surface area contributed by atoms with Crippen LogP contribution in [0, 0.1) is 6.92 Å². The summed E-state index contributed by atoms with van der Waals surface area (Å²) in [6.45, 7) is 2.55. The van der Waals surface area contributed by atoms with Gasteiger partial charge in [-0.15, -0.1) is 0 Å². The van der Waals surface area contributed by atoms with E-state index in [0.717, 1.165) is 12.0 Å². The number of benzene rings is 2. The van der Waals surface area contributed by atoms with Crippen LogP contribution >= 0.6 is 0 Å². The molecule has 1 N–H and O–H groups in total. The summed E-state index contributed by atoms with van der Waals surface area (Å²) < 4.78 is 43.5. The molecule has 8 nitrogen and oxygen atoms in total. The lowest BCUT2D eigenvalue weighted by atomic mass is 10.1. The molecule has 168 valence electrons. The molecule has 1 aliphatic heterocycles. The van der Waals surface area contributed by atoms with Crippen LogP contribution in [0.5, 0.6) is 17.2 Å². The van der Waals surface area contributed by atoms with Gasteiger partial charge in [0.1, 0.15) is 0 Å². The summed E-state index contributed by atoms with van der Waals surface area (Å²) in [6, 6.07) is 9.62. The van der Waals surface area contributed by atoms with E-state index in [1.807, 2.05) is 6.92 Å². The van der Waals surface area contributed by atoms with Crippen molar-refractivity contribution < 1.29 is 27.4 Å². The Balaban J connectivity index is 1.74. The van der Waals surface area contributed by atoms with E-state index in [1.54, 1.807) is 36.4 Å². The van der Waals surface area contributed by atoms with Crippen molar-refractivity contribution in [2.75, 3.05) is 34.4 Å². The maximum atomic E-state index is 13.1. The van der Waals surface area contributed by atoms with Crippen LogP contribution < -0.4 is 19.5 Å². The van der Waals surface area contributed by atoms with Crippen LogP contribution in [0.3, 0.4) is 0 Å². The zero-order valence-corrected chi connectivity index (χ0v) is 19.0. The van der Waals surface area contributed by atoms with Gasteiger partial charge in [-0.25, -0.2) is 8.42 Å². The summed E-state index contributed by atoms with van der Waals surface area (Å²) in [6.07, 6.45) is 1.43. The van der Waals surface area contributed by atoms with Crippen molar-refractivity contribution in [2.24, 2.45) is 0 Å². The zero-order chi connectivity index (χ0) is 22.6. The number of methoxy groups -OCH3 is 3. The number of carbonyl (C=O) groups excluding carboxylic acids is 1. The Morgan fingerprint density at radius 1 is 1.06 bits per heavy atom. The number of aryl methyl sites for hydroxylation is 1. The van der Waals surface area contributed by atoms with Crippen molar-refractivity contribution in [1.82, 2.24) is 9.62 Å². The van der Waals surface area contributed by atoms with Gasteiger partial charge in [-0.1, -0.05) is 17.7 Å². The van der Waals surface area contributed by atoms with Gasteiger partial charge in [-0.2, -0.15) is 4.31 Å². The Kier molecular flexibility index (Phi) is 7.07. The van der Waals surface area contributed by atoms with E-state index in [-0.39, 0.29) is 23.4 Å². The highest BCUT2D eigenvalue weighted by atomic mass is 32.2. The summed E-state index contributed by atoms with van der Waals surface area (Å²) in [5, 5.41) is 2.85. The van der Waals surface area contributed by atoms with E-state index in [0.29, 0.717) is 35.8 Å². The van der Waals surface area contributed by atoms with E-state index in [2.05, 4.69) is 5.32 Å². The van der Waals surface area contributed by atoms with E-state index in [4.69, 9.17) is 14.2 Å². The normalized spacial score (nSPS) is 16.7. The molecule has 1 amide bonds. The molecule has 2 aromatic rings. The monoisotopic (exact) mass is 448 g/mol. The first-order chi connectivity index (χ1) is 14.8. The van der Waals surface area contributed by atoms with Gasteiger partial charge in [0.05, 0.1) is 26.2 Å². The lowest BCUT2D eigenvalue weighted by Crippen LogP contribution is -2.43. The molecule has 0 aliphatic carbocycles. The van der Waals surface area contributed by atoms with Crippen LogP contribution in [0.4, 0.5) is 0 Å². The molecule has 1 atom stereocenters. The lowest BCUT2D eigenvalue weighted by molar-refractivity contribution is 0.0945. The highest BCUT2D eigenvalue weighted by Crippen LogP contribution is 2.38. The Hall–Kier alpha value is -2.78. The largest absolute Gasteiger partial charge is 0.493 e. The minimum atomic E-state index is -3.62. The molecule has 0 aromatic heterocycles. The number of carbonyl (C=O) groups is 1. The number of nitrogens with zero attached hydrogens (tertiary/aromatic N) is 1. The molecule has 0 saturated carbocycles. The van der Waals surface area contributed by atoms with Gasteiger partial charge in [0.25, 0.3) is 5.91 Å². The van der Waals surface area contributed by atoms with Crippen molar-refractivity contribution in [3.63, 3.8) is 0 Å². The molecule has 0 radical (unpaired) electrons. The smallest absolute Gasteiger partial charge is 0.251 e. The molecule has 1 saturated heterocycles. The summed E-state index contributed by atoms with van der Waals surface area (Å²) >= 11 is 0. The molecule has 1 heterocycles. The van der Waals surface area contributed by atoms with Gasteiger partial charge < -0.3 is 19.5 Å². The highest BCUT2D eigenvalue weighted by molar-refractivity contribution is 7.89. The van der Waals surface area contributed by atoms with E-state index in [9.17, 15) is 13.2 Å². The summed E-state index contributed by atoms with van der Waals surface area (Å²) in [4.78, 5) is 13.0. The molecule has 0 bridgehead atoms. The van der Waals surface area contributed by atoms with E-state index >= 15 is 0 Å². The maximum Gasteiger partial charge on any atom is 0.251 e. The summed E-state index contributed by atoms with van der Waals surface area (Å²) in [5.41, 5.74) is 1.33. The Morgan fingerprint density at radius 3 is 2.23 bits per heavy atom. The van der Waals surface area contributed by atoms with E-state index in [1.165, 1.54) is 25.6 Å². The number of hydrogen-bond donors (Lipinski definition) is 1. The summed E-state index contributed by atoms with van der Waals surface area (Å²) in [7, 11) is 0.822. The highest BCUT2D eigenvalue weighted by Gasteiger charge is 2.35. The Bertz CT molecular complexity index is 1010. The van der Waals surface area contributed by atoms with Crippen molar-refractivity contribution in [2.45, 2.75) is 30.7 Å². The van der Waals surface area contributed by atoms with Gasteiger partial charge >= 0.3 is 0 Å². The van der Waals surface area contributed by atoms with Crippen molar-refractivity contribution in [3.8, 4) is 17.2 Å². The third-order valence-corrected chi connectivity index (χ3v) is 7.34.